The van der Waals surface area contributed by atoms with E-state index in [1.54, 1.807) is 0 Å². The number of hydrogen-bond acceptors (Lipinski definition) is 6. The molecule has 4 aliphatic rings. The van der Waals surface area contributed by atoms with Gasteiger partial charge in [0.1, 0.15) is 0 Å². The number of nitrogens with one attached hydrogen (secondary N) is 1. The van der Waals surface area contributed by atoms with Gasteiger partial charge < -0.3 is 4.90 Å². The number of benzene rings is 2. The van der Waals surface area contributed by atoms with Crippen molar-refractivity contribution in [1.82, 2.24) is 15.1 Å². The topological polar surface area (TPSA) is 55.9 Å². The number of piperazine rings is 1. The monoisotopic (exact) mass is 530 g/mol. The van der Waals surface area contributed by atoms with Crippen molar-refractivity contribution in [2.24, 2.45) is 0 Å². The summed E-state index contributed by atoms with van der Waals surface area (Å²) in [7, 11) is 0. The van der Waals surface area contributed by atoms with Crippen LogP contribution in [0.5, 0.6) is 0 Å². The van der Waals surface area contributed by atoms with E-state index in [1.807, 2.05) is 12.1 Å². The van der Waals surface area contributed by atoms with Crippen LogP contribution in [0.25, 0.3) is 0 Å². The molecule has 6 nitrogen and oxygen atoms in total. The number of halogens is 2. The second-order valence-electron chi connectivity index (χ2n) is 10.0. The number of thiol groups is 1. The summed E-state index contributed by atoms with van der Waals surface area (Å²) in [6.07, 6.45) is 3.27. The van der Waals surface area contributed by atoms with Gasteiger partial charge in [0.25, 0.3) is 0 Å². The number of hydrogen-bond donors (Lipinski definition) is 2. The molecule has 3 saturated heterocycles. The minimum absolute atomic E-state index is 0.146. The summed E-state index contributed by atoms with van der Waals surface area (Å²) in [5, 5.41) is 3.58. The van der Waals surface area contributed by atoms with E-state index in [9.17, 15) is 9.59 Å². The van der Waals surface area contributed by atoms with Gasteiger partial charge in [-0.05, 0) is 48.1 Å². The van der Waals surface area contributed by atoms with E-state index in [0.29, 0.717) is 41.5 Å². The van der Waals surface area contributed by atoms with Crippen molar-refractivity contribution >= 4 is 53.3 Å². The summed E-state index contributed by atoms with van der Waals surface area (Å²) in [6, 6.07) is 12.9. The second-order valence-corrected chi connectivity index (χ2v) is 11.3. The number of fused-ring (bicyclic) bond motifs is 3. The van der Waals surface area contributed by atoms with E-state index in [0.717, 1.165) is 25.3 Å². The van der Waals surface area contributed by atoms with Crippen LogP contribution >= 0.6 is 35.8 Å². The van der Waals surface area contributed by atoms with Gasteiger partial charge >= 0.3 is 0 Å². The van der Waals surface area contributed by atoms with Gasteiger partial charge in [0.15, 0.2) is 0 Å². The van der Waals surface area contributed by atoms with Crippen LogP contribution in [0.2, 0.25) is 10.0 Å². The van der Waals surface area contributed by atoms with E-state index < -0.39 is 0 Å². The molecule has 2 aromatic rings. The number of carbonyl (C=O) groups is 2. The molecule has 3 fully saturated rings. The molecule has 0 saturated carbocycles. The smallest absolute Gasteiger partial charge is 0.243 e. The van der Waals surface area contributed by atoms with Crippen molar-refractivity contribution in [3.8, 4) is 0 Å². The zero-order valence-corrected chi connectivity index (χ0v) is 21.7. The molecule has 0 radical (unpaired) electrons. The molecule has 6 rings (SSSR count). The highest BCUT2D eigenvalue weighted by Gasteiger charge is 2.43. The fourth-order valence-electron chi connectivity index (χ4n) is 6.34. The lowest BCUT2D eigenvalue weighted by atomic mass is 10.0. The molecule has 2 bridgehead atoms. The van der Waals surface area contributed by atoms with Crippen LogP contribution in [0.3, 0.4) is 0 Å². The molecule has 35 heavy (non-hydrogen) atoms. The molecule has 4 unspecified atom stereocenters. The van der Waals surface area contributed by atoms with E-state index in [2.05, 4.69) is 44.3 Å². The number of nitrogens with zero attached hydrogens (tertiary/aromatic N) is 3. The molecular weight excluding hydrogens is 503 g/mol. The largest absolute Gasteiger partial charge is 0.367 e. The third-order valence-electron chi connectivity index (χ3n) is 8.11. The first-order valence-corrected chi connectivity index (χ1v) is 13.5. The molecule has 0 aromatic heterocycles. The maximum absolute atomic E-state index is 12.5. The third kappa shape index (κ3) is 4.15. The Bertz CT molecular complexity index is 1180. The highest BCUT2D eigenvalue weighted by molar-refractivity contribution is 7.80. The van der Waals surface area contributed by atoms with Crippen LogP contribution in [0.4, 0.5) is 5.69 Å². The van der Waals surface area contributed by atoms with E-state index in [4.69, 9.17) is 35.8 Å². The summed E-state index contributed by atoms with van der Waals surface area (Å²) in [4.78, 5) is 31.3. The number of amides is 2. The van der Waals surface area contributed by atoms with Crippen LogP contribution in [0.15, 0.2) is 36.4 Å². The highest BCUT2D eigenvalue weighted by atomic mass is 35.5. The molecular formula is C26H28Cl2N4O2S. The molecule has 2 amide bonds. The van der Waals surface area contributed by atoms with Crippen molar-refractivity contribution in [1.29, 1.82) is 0 Å². The molecule has 1 N–H and O–H groups in total. The first kappa shape index (κ1) is 23.6. The second kappa shape index (κ2) is 9.27. The maximum Gasteiger partial charge on any atom is 0.243 e. The first-order valence-electron chi connectivity index (χ1n) is 12.2. The van der Waals surface area contributed by atoms with Crippen molar-refractivity contribution in [3.63, 3.8) is 0 Å². The maximum atomic E-state index is 12.5. The van der Waals surface area contributed by atoms with Crippen molar-refractivity contribution in [2.75, 3.05) is 18.0 Å². The predicted octanol–water partition coefficient (Wildman–Crippen LogP) is 4.40. The van der Waals surface area contributed by atoms with Gasteiger partial charge in [-0.2, -0.15) is 12.6 Å². The van der Waals surface area contributed by atoms with Gasteiger partial charge in [-0.3, -0.25) is 24.7 Å². The summed E-state index contributed by atoms with van der Waals surface area (Å²) in [5.41, 5.74) is 4.78. The normalized spacial score (nSPS) is 28.9. The Labute approximate surface area is 220 Å². The zero-order valence-electron chi connectivity index (χ0n) is 19.3. The Hall–Kier alpha value is -1.77. The Morgan fingerprint density at radius 1 is 1.00 bits per heavy atom. The van der Waals surface area contributed by atoms with Gasteiger partial charge in [-0.15, -0.1) is 0 Å². The summed E-state index contributed by atoms with van der Waals surface area (Å²) < 4.78 is 0. The lowest BCUT2D eigenvalue weighted by molar-refractivity contribution is -0.137. The van der Waals surface area contributed by atoms with E-state index >= 15 is 0 Å². The molecule has 9 heteroatoms. The predicted molar refractivity (Wildman–Crippen MR) is 141 cm³/mol. The molecule has 184 valence electrons. The van der Waals surface area contributed by atoms with Crippen LogP contribution in [0, 0.1) is 0 Å². The quantitative estimate of drug-likeness (QED) is 0.453. The lowest BCUT2D eigenvalue weighted by Crippen LogP contribution is -2.53. The first-order chi connectivity index (χ1) is 16.9. The zero-order chi connectivity index (χ0) is 24.3. The fraction of sp³-hybridized carbons (Fsp3) is 0.462. The Kier molecular flexibility index (Phi) is 6.26. The number of rotatable bonds is 4. The summed E-state index contributed by atoms with van der Waals surface area (Å²) >= 11 is 17.7. The number of anilines is 1. The standard InChI is InChI=1S/C26H28Cl2N4O2S/c27-20-5-2-6-21(24(20)28)30-12-16-7-8-17(13-30)31(16)11-15-3-1-4-18-19(15)14-32(26(18)35)22-9-10-23(33)29-25(22)34/h1-6,16-17,22,26,35H,7-14H2,(H,29,33,34). The molecule has 4 aliphatic heterocycles. The van der Waals surface area contributed by atoms with Crippen LogP contribution in [-0.2, 0) is 22.7 Å². The molecule has 4 atom stereocenters. The SMILES string of the molecule is O=C1CCC(N2Cc3c(CN4C5CCC4CN(c4cccc(Cl)c4Cl)C5)cccc3C2S)C(=O)N1. The number of piperidine rings is 1. The summed E-state index contributed by atoms with van der Waals surface area (Å²) in [6.45, 7) is 3.44. The average Bonchev–Trinajstić information content (AvgIpc) is 3.27. The molecule has 0 aliphatic carbocycles. The number of carbonyl (C=O) groups excluding carboxylic acids is 2. The number of imide groups is 1. The van der Waals surface area contributed by atoms with Gasteiger partial charge in [0.05, 0.1) is 27.1 Å². The van der Waals surface area contributed by atoms with Crippen LogP contribution < -0.4 is 10.2 Å². The van der Waals surface area contributed by atoms with Gasteiger partial charge in [0, 0.05) is 44.7 Å². The van der Waals surface area contributed by atoms with Gasteiger partial charge in [-0.1, -0.05) is 47.5 Å². The molecule has 4 heterocycles. The Balaban J connectivity index is 1.20. The van der Waals surface area contributed by atoms with Crippen LogP contribution in [-0.4, -0.2) is 52.8 Å². The minimum Gasteiger partial charge on any atom is -0.367 e. The fourth-order valence-corrected chi connectivity index (χ4v) is 7.24. The lowest BCUT2D eigenvalue weighted by Gasteiger charge is -2.42. The summed E-state index contributed by atoms with van der Waals surface area (Å²) in [5.74, 6) is -0.392. The third-order valence-corrected chi connectivity index (χ3v) is 9.49. The Morgan fingerprint density at radius 2 is 1.74 bits per heavy atom. The minimum atomic E-state index is -0.322. The van der Waals surface area contributed by atoms with Crippen molar-refractivity contribution in [2.45, 2.75) is 62.3 Å². The molecule has 2 aromatic carbocycles. The molecule has 0 spiro atoms. The van der Waals surface area contributed by atoms with E-state index in [-0.39, 0.29) is 23.2 Å². The van der Waals surface area contributed by atoms with E-state index in [1.165, 1.54) is 29.5 Å². The van der Waals surface area contributed by atoms with Crippen molar-refractivity contribution in [3.05, 3.63) is 63.1 Å². The van der Waals surface area contributed by atoms with Crippen molar-refractivity contribution < 1.29 is 9.59 Å². The Morgan fingerprint density at radius 3 is 2.49 bits per heavy atom. The van der Waals surface area contributed by atoms with Gasteiger partial charge in [0.2, 0.25) is 11.8 Å². The van der Waals surface area contributed by atoms with Gasteiger partial charge in [-0.25, -0.2) is 0 Å². The van der Waals surface area contributed by atoms with Crippen LogP contribution in [0.1, 0.15) is 47.7 Å². The average molecular weight is 532 g/mol. The highest BCUT2D eigenvalue weighted by Crippen LogP contribution is 2.43.